The Kier molecular flexibility index (Phi) is 4.95. The van der Waals surface area contributed by atoms with Gasteiger partial charge in [-0.05, 0) is 55.0 Å². The Bertz CT molecular complexity index is 913. The molecule has 0 bridgehead atoms. The van der Waals surface area contributed by atoms with E-state index in [4.69, 9.17) is 11.6 Å². The van der Waals surface area contributed by atoms with E-state index in [1.165, 1.54) is 18.3 Å². The molecule has 0 saturated carbocycles. The molecule has 1 heterocycles. The molecule has 0 fully saturated rings. The lowest BCUT2D eigenvalue weighted by atomic mass is 10.2. The Labute approximate surface area is 149 Å². The van der Waals surface area contributed by atoms with Crippen LogP contribution in [0.5, 0.6) is 0 Å². The van der Waals surface area contributed by atoms with Crippen LogP contribution in [0.4, 0.5) is 21.6 Å². The van der Waals surface area contributed by atoms with Crippen LogP contribution in [-0.4, -0.2) is 10.9 Å². The zero-order valence-electron chi connectivity index (χ0n) is 13.4. The molecule has 126 valence electrons. The number of benzene rings is 2. The van der Waals surface area contributed by atoms with Crippen molar-refractivity contribution in [1.29, 1.82) is 0 Å². The van der Waals surface area contributed by atoms with Gasteiger partial charge in [0.1, 0.15) is 11.6 Å². The van der Waals surface area contributed by atoms with Crippen molar-refractivity contribution >= 4 is 34.7 Å². The van der Waals surface area contributed by atoms with E-state index in [0.717, 1.165) is 5.56 Å². The van der Waals surface area contributed by atoms with Crippen molar-refractivity contribution < 1.29 is 9.18 Å². The molecular formula is C19H15ClFN3O. The summed E-state index contributed by atoms with van der Waals surface area (Å²) < 4.78 is 13.2. The van der Waals surface area contributed by atoms with E-state index in [1.807, 2.05) is 13.0 Å². The van der Waals surface area contributed by atoms with Crippen molar-refractivity contribution in [2.45, 2.75) is 6.92 Å². The molecule has 6 heteroatoms. The molecule has 0 saturated heterocycles. The molecule has 1 amide bonds. The fourth-order valence-electron chi connectivity index (χ4n) is 2.24. The fourth-order valence-corrected chi connectivity index (χ4v) is 2.41. The third kappa shape index (κ3) is 4.33. The zero-order chi connectivity index (χ0) is 17.8. The van der Waals surface area contributed by atoms with Gasteiger partial charge >= 0.3 is 0 Å². The summed E-state index contributed by atoms with van der Waals surface area (Å²) in [7, 11) is 0. The van der Waals surface area contributed by atoms with Gasteiger partial charge in [-0.3, -0.25) is 4.79 Å². The van der Waals surface area contributed by atoms with Crippen LogP contribution in [0.15, 0.2) is 60.8 Å². The first-order valence-electron chi connectivity index (χ1n) is 7.57. The lowest BCUT2D eigenvalue weighted by Gasteiger charge is -2.10. The molecule has 25 heavy (non-hydrogen) atoms. The monoisotopic (exact) mass is 355 g/mol. The van der Waals surface area contributed by atoms with Crippen LogP contribution in [0.25, 0.3) is 0 Å². The van der Waals surface area contributed by atoms with Gasteiger partial charge in [0.2, 0.25) is 0 Å². The van der Waals surface area contributed by atoms with Crippen LogP contribution in [0.1, 0.15) is 15.9 Å². The Hall–Kier alpha value is -2.92. The van der Waals surface area contributed by atoms with Crippen LogP contribution in [-0.2, 0) is 0 Å². The van der Waals surface area contributed by atoms with Gasteiger partial charge in [-0.2, -0.15) is 0 Å². The molecule has 1 aromatic heterocycles. The lowest BCUT2D eigenvalue weighted by Crippen LogP contribution is -2.13. The van der Waals surface area contributed by atoms with Crippen molar-refractivity contribution in [3.63, 3.8) is 0 Å². The molecule has 0 unspecified atom stereocenters. The highest BCUT2D eigenvalue weighted by molar-refractivity contribution is 6.31. The number of nitrogens with zero attached hydrogens (tertiary/aromatic N) is 1. The van der Waals surface area contributed by atoms with Gasteiger partial charge in [0.25, 0.3) is 5.91 Å². The van der Waals surface area contributed by atoms with E-state index < -0.39 is 0 Å². The highest BCUT2D eigenvalue weighted by atomic mass is 35.5. The molecule has 0 spiro atoms. The number of hydrogen-bond acceptors (Lipinski definition) is 3. The van der Waals surface area contributed by atoms with Gasteiger partial charge in [-0.25, -0.2) is 9.37 Å². The number of aromatic nitrogens is 1. The summed E-state index contributed by atoms with van der Waals surface area (Å²) in [6.45, 7) is 1.89. The lowest BCUT2D eigenvalue weighted by molar-refractivity contribution is 0.102. The third-order valence-electron chi connectivity index (χ3n) is 3.57. The van der Waals surface area contributed by atoms with E-state index >= 15 is 0 Å². The number of rotatable bonds is 4. The maximum absolute atomic E-state index is 13.2. The Morgan fingerprint density at radius 3 is 2.68 bits per heavy atom. The van der Waals surface area contributed by atoms with Gasteiger partial charge in [0, 0.05) is 22.6 Å². The summed E-state index contributed by atoms with van der Waals surface area (Å²) in [6.07, 6.45) is 1.46. The van der Waals surface area contributed by atoms with Gasteiger partial charge in [-0.1, -0.05) is 23.7 Å². The van der Waals surface area contributed by atoms with Crippen LogP contribution >= 0.6 is 11.6 Å². The van der Waals surface area contributed by atoms with Crippen molar-refractivity contribution in [3.8, 4) is 0 Å². The maximum atomic E-state index is 13.2. The number of carbonyl (C=O) groups excluding carboxylic acids is 1. The number of pyridine rings is 1. The zero-order valence-corrected chi connectivity index (χ0v) is 14.1. The predicted molar refractivity (Wildman–Crippen MR) is 98.1 cm³/mol. The third-order valence-corrected chi connectivity index (χ3v) is 3.81. The molecule has 2 N–H and O–H groups in total. The van der Waals surface area contributed by atoms with Gasteiger partial charge in [0.05, 0.1) is 5.56 Å². The molecule has 3 rings (SSSR count). The highest BCUT2D eigenvalue weighted by Gasteiger charge is 2.09. The van der Waals surface area contributed by atoms with E-state index in [-0.39, 0.29) is 11.7 Å². The normalized spacial score (nSPS) is 10.4. The second kappa shape index (κ2) is 7.32. The van der Waals surface area contributed by atoms with E-state index in [0.29, 0.717) is 27.8 Å². The Morgan fingerprint density at radius 1 is 1.12 bits per heavy atom. The first kappa shape index (κ1) is 16.9. The molecule has 0 aliphatic carbocycles. The summed E-state index contributed by atoms with van der Waals surface area (Å²) in [6, 6.07) is 14.7. The largest absolute Gasteiger partial charge is 0.340 e. The quantitative estimate of drug-likeness (QED) is 0.678. The molecule has 2 aromatic carbocycles. The summed E-state index contributed by atoms with van der Waals surface area (Å²) in [4.78, 5) is 16.5. The molecule has 0 aliphatic heterocycles. The SMILES string of the molecule is Cc1ccc(Cl)cc1NC(=O)c1ccc(Nc2cccc(F)c2)nc1. The first-order chi connectivity index (χ1) is 12.0. The number of carbonyl (C=O) groups is 1. The first-order valence-corrected chi connectivity index (χ1v) is 7.95. The van der Waals surface area contributed by atoms with Crippen LogP contribution in [0, 0.1) is 12.7 Å². The molecule has 0 atom stereocenters. The molecular weight excluding hydrogens is 341 g/mol. The average molecular weight is 356 g/mol. The minimum atomic E-state index is -0.335. The number of amides is 1. The maximum Gasteiger partial charge on any atom is 0.257 e. The number of anilines is 3. The van der Waals surface area contributed by atoms with Gasteiger partial charge in [0.15, 0.2) is 0 Å². The van der Waals surface area contributed by atoms with Crippen molar-refractivity contribution in [2.24, 2.45) is 0 Å². The van der Waals surface area contributed by atoms with E-state index in [2.05, 4.69) is 15.6 Å². The minimum absolute atomic E-state index is 0.282. The highest BCUT2D eigenvalue weighted by Crippen LogP contribution is 2.21. The number of halogens is 2. The van der Waals surface area contributed by atoms with Crippen LogP contribution < -0.4 is 10.6 Å². The summed E-state index contributed by atoms with van der Waals surface area (Å²) in [5.74, 6) is -0.103. The minimum Gasteiger partial charge on any atom is -0.340 e. The Balaban J connectivity index is 1.71. The Morgan fingerprint density at radius 2 is 1.96 bits per heavy atom. The molecule has 4 nitrogen and oxygen atoms in total. The number of nitrogens with one attached hydrogen (secondary N) is 2. The second-order valence-corrected chi connectivity index (χ2v) is 5.92. The average Bonchev–Trinajstić information content (AvgIpc) is 2.59. The summed E-state index contributed by atoms with van der Waals surface area (Å²) >= 11 is 5.96. The second-order valence-electron chi connectivity index (χ2n) is 5.48. The molecule has 0 radical (unpaired) electrons. The predicted octanol–water partition coefficient (Wildman–Crippen LogP) is 5.18. The topological polar surface area (TPSA) is 54.0 Å². The molecule has 3 aromatic rings. The fraction of sp³-hybridized carbons (Fsp3) is 0.0526. The summed E-state index contributed by atoms with van der Waals surface area (Å²) in [5, 5.41) is 6.34. The smallest absolute Gasteiger partial charge is 0.257 e. The van der Waals surface area contributed by atoms with Crippen LogP contribution in [0.2, 0.25) is 5.02 Å². The van der Waals surface area contributed by atoms with Crippen molar-refractivity contribution in [3.05, 3.63) is 82.8 Å². The van der Waals surface area contributed by atoms with E-state index in [9.17, 15) is 9.18 Å². The van der Waals surface area contributed by atoms with Crippen molar-refractivity contribution in [1.82, 2.24) is 4.98 Å². The van der Waals surface area contributed by atoms with Crippen LogP contribution in [0.3, 0.4) is 0 Å². The van der Waals surface area contributed by atoms with Gasteiger partial charge in [-0.15, -0.1) is 0 Å². The standard InChI is InChI=1S/C19H15ClFN3O/c1-12-5-7-14(20)9-17(12)24-19(25)13-6-8-18(22-11-13)23-16-4-2-3-15(21)10-16/h2-11H,1H3,(H,22,23)(H,24,25). The van der Waals surface area contributed by atoms with Crippen molar-refractivity contribution in [2.75, 3.05) is 10.6 Å². The molecule has 0 aliphatic rings. The van der Waals surface area contributed by atoms with Gasteiger partial charge < -0.3 is 10.6 Å². The summed E-state index contributed by atoms with van der Waals surface area (Å²) in [5.41, 5.74) is 2.55. The number of hydrogen-bond donors (Lipinski definition) is 2. The number of aryl methyl sites for hydroxylation is 1. The van der Waals surface area contributed by atoms with E-state index in [1.54, 1.807) is 36.4 Å².